The van der Waals surface area contributed by atoms with Gasteiger partial charge in [0, 0.05) is 15.6 Å². The molecule has 0 spiro atoms. The lowest BCUT2D eigenvalue weighted by atomic mass is 10.1. The van der Waals surface area contributed by atoms with Crippen LogP contribution in [-0.4, -0.2) is 24.2 Å². The van der Waals surface area contributed by atoms with Gasteiger partial charge >= 0.3 is 5.97 Å². The van der Waals surface area contributed by atoms with Gasteiger partial charge in [-0.2, -0.15) is 14.0 Å². The first-order chi connectivity index (χ1) is 15.9. The number of amides is 1. The Morgan fingerprint density at radius 1 is 1.06 bits per heavy atom. The Labute approximate surface area is 197 Å². The first kappa shape index (κ1) is 24.0. The summed E-state index contributed by atoms with van der Waals surface area (Å²) >= 11 is 6.33. The van der Waals surface area contributed by atoms with E-state index in [0.717, 1.165) is 0 Å². The molecule has 0 heterocycles. The Hall–Kier alpha value is -3.61. The van der Waals surface area contributed by atoms with Crippen molar-refractivity contribution < 1.29 is 23.1 Å². The molecule has 3 rings (SSSR count). The number of anilines is 3. The van der Waals surface area contributed by atoms with Gasteiger partial charge in [0.25, 0.3) is 11.7 Å². The molecule has 0 bridgehead atoms. The number of carbonyl (C=O) groups excluding carboxylic acids is 2. The Morgan fingerprint density at radius 3 is 2.48 bits per heavy atom. The molecule has 0 fully saturated rings. The number of hydrogen-bond donors (Lipinski definition) is 2. The highest BCUT2D eigenvalue weighted by molar-refractivity contribution is 7.99. The zero-order valence-electron chi connectivity index (χ0n) is 16.8. The largest absolute Gasteiger partial charge is 0.452 e. The summed E-state index contributed by atoms with van der Waals surface area (Å²) < 4.78 is 30.0. The number of nitrogens with zero attached hydrogens (tertiary/aromatic N) is 1. The fourth-order valence-corrected chi connectivity index (χ4v) is 3.43. The van der Waals surface area contributed by atoms with Crippen LogP contribution in [0.1, 0.15) is 15.9 Å². The second-order valence-corrected chi connectivity index (χ2v) is 8.00. The number of ether oxygens (including phenoxy) is 1. The minimum atomic E-state index is -2.51. The van der Waals surface area contributed by atoms with E-state index in [-0.39, 0.29) is 16.8 Å². The fraction of sp³-hybridized carbons (Fsp3) is 0.0870. The molecular weight excluding hydrogens is 472 g/mol. The van der Waals surface area contributed by atoms with Gasteiger partial charge in [-0.15, -0.1) is 0 Å². The van der Waals surface area contributed by atoms with Gasteiger partial charge in [-0.25, -0.2) is 4.79 Å². The maximum Gasteiger partial charge on any atom is 0.340 e. The third kappa shape index (κ3) is 6.94. The maximum absolute atomic E-state index is 12.6. The van der Waals surface area contributed by atoms with Crippen LogP contribution in [0.3, 0.4) is 0 Å². The highest BCUT2D eigenvalue weighted by Gasteiger charge is 2.16. The van der Waals surface area contributed by atoms with Gasteiger partial charge in [0.05, 0.1) is 22.5 Å². The Bertz CT molecular complexity index is 1200. The van der Waals surface area contributed by atoms with Crippen molar-refractivity contribution in [2.24, 2.45) is 0 Å². The molecule has 0 aliphatic rings. The molecule has 0 aliphatic carbocycles. The van der Waals surface area contributed by atoms with E-state index in [0.29, 0.717) is 33.1 Å². The molecule has 1 amide bonds. The summed E-state index contributed by atoms with van der Waals surface area (Å²) in [6, 6.07) is 19.1. The zero-order valence-corrected chi connectivity index (χ0v) is 18.4. The van der Waals surface area contributed by atoms with Crippen molar-refractivity contribution in [3.05, 3.63) is 82.9 Å². The molecule has 3 aromatic carbocycles. The lowest BCUT2D eigenvalue weighted by molar-refractivity contribution is -0.119. The molecule has 0 aromatic heterocycles. The average Bonchev–Trinajstić information content (AvgIpc) is 2.79. The highest BCUT2D eigenvalue weighted by atomic mass is 35.5. The van der Waals surface area contributed by atoms with E-state index >= 15 is 0 Å². The first-order valence-corrected chi connectivity index (χ1v) is 10.7. The Morgan fingerprint density at radius 2 is 1.79 bits per heavy atom. The lowest BCUT2D eigenvalue weighted by Gasteiger charge is -2.12. The number of rotatable bonds is 8. The molecular formula is C23H16ClF2N3O3S. The van der Waals surface area contributed by atoms with E-state index in [2.05, 4.69) is 10.6 Å². The summed E-state index contributed by atoms with van der Waals surface area (Å²) in [5.41, 5.74) is 1.60. The van der Waals surface area contributed by atoms with E-state index in [1.807, 2.05) is 6.07 Å². The molecule has 0 radical (unpaired) electrons. The number of halogens is 3. The second-order valence-electron chi connectivity index (χ2n) is 6.50. The van der Waals surface area contributed by atoms with Gasteiger partial charge in [0.2, 0.25) is 0 Å². The molecule has 0 aliphatic heterocycles. The molecule has 10 heteroatoms. The minimum absolute atomic E-state index is 0.178. The molecule has 3 aromatic rings. The van der Waals surface area contributed by atoms with Crippen molar-refractivity contribution in [2.75, 3.05) is 17.2 Å². The van der Waals surface area contributed by atoms with Gasteiger partial charge in [-0.1, -0.05) is 35.5 Å². The molecule has 0 saturated heterocycles. The first-order valence-electron chi connectivity index (χ1n) is 9.43. The van der Waals surface area contributed by atoms with E-state index in [9.17, 15) is 18.4 Å². The number of benzene rings is 3. The quantitative estimate of drug-likeness (QED) is 0.296. The van der Waals surface area contributed by atoms with Crippen molar-refractivity contribution in [2.45, 2.75) is 10.7 Å². The van der Waals surface area contributed by atoms with Gasteiger partial charge in [0.1, 0.15) is 6.07 Å². The van der Waals surface area contributed by atoms with Gasteiger partial charge < -0.3 is 15.4 Å². The van der Waals surface area contributed by atoms with Crippen molar-refractivity contribution in [1.82, 2.24) is 0 Å². The van der Waals surface area contributed by atoms with Gasteiger partial charge in [0.15, 0.2) is 6.61 Å². The van der Waals surface area contributed by atoms with Crippen LogP contribution in [-0.2, 0) is 9.53 Å². The highest BCUT2D eigenvalue weighted by Crippen LogP contribution is 2.28. The lowest BCUT2D eigenvalue weighted by Crippen LogP contribution is -2.21. The van der Waals surface area contributed by atoms with Crippen LogP contribution in [0.25, 0.3) is 0 Å². The molecule has 0 atom stereocenters. The predicted molar refractivity (Wildman–Crippen MR) is 123 cm³/mol. The van der Waals surface area contributed by atoms with E-state index < -0.39 is 24.2 Å². The SMILES string of the molecule is N#Cc1ccc(Cl)cc1NC(=O)COC(=O)c1ccccc1Nc1ccc(SC(F)F)cc1. The fourth-order valence-electron chi connectivity index (χ4n) is 2.76. The van der Waals surface area contributed by atoms with Crippen molar-refractivity contribution >= 4 is 52.3 Å². The number of para-hydroxylation sites is 1. The zero-order chi connectivity index (χ0) is 23.8. The van der Waals surface area contributed by atoms with Crippen LogP contribution in [0, 0.1) is 11.3 Å². The van der Waals surface area contributed by atoms with Crippen LogP contribution in [0.4, 0.5) is 25.8 Å². The van der Waals surface area contributed by atoms with E-state index in [1.165, 1.54) is 36.4 Å². The van der Waals surface area contributed by atoms with Crippen LogP contribution < -0.4 is 10.6 Å². The van der Waals surface area contributed by atoms with Crippen molar-refractivity contribution in [1.29, 1.82) is 5.26 Å². The molecule has 2 N–H and O–H groups in total. The number of nitrogens with one attached hydrogen (secondary N) is 2. The standard InChI is InChI=1S/C23H16ClF2N3O3S/c24-15-6-5-14(12-27)20(11-15)29-21(30)13-32-22(31)18-3-1-2-4-19(18)28-16-7-9-17(10-8-16)33-23(25)26/h1-11,23,28H,13H2,(H,29,30). The molecule has 33 heavy (non-hydrogen) atoms. The van der Waals surface area contributed by atoms with E-state index in [4.69, 9.17) is 21.6 Å². The number of hydrogen-bond acceptors (Lipinski definition) is 6. The third-order valence-corrected chi connectivity index (χ3v) is 5.17. The Balaban J connectivity index is 1.63. The molecule has 0 unspecified atom stereocenters. The number of carbonyl (C=O) groups is 2. The maximum atomic E-state index is 12.6. The van der Waals surface area contributed by atoms with Gasteiger partial charge in [-0.3, -0.25) is 4.79 Å². The minimum Gasteiger partial charge on any atom is -0.452 e. The molecule has 0 saturated carbocycles. The summed E-state index contributed by atoms with van der Waals surface area (Å²) in [6.45, 7) is -0.579. The second kappa shape index (κ2) is 11.3. The van der Waals surface area contributed by atoms with Crippen molar-refractivity contribution in [3.8, 4) is 6.07 Å². The van der Waals surface area contributed by atoms with Crippen LogP contribution >= 0.6 is 23.4 Å². The van der Waals surface area contributed by atoms with Crippen molar-refractivity contribution in [3.63, 3.8) is 0 Å². The van der Waals surface area contributed by atoms with E-state index in [1.54, 1.807) is 30.3 Å². The smallest absolute Gasteiger partial charge is 0.340 e. The number of alkyl halides is 2. The van der Waals surface area contributed by atoms with Crippen LogP contribution in [0.5, 0.6) is 0 Å². The average molecular weight is 488 g/mol. The summed E-state index contributed by atoms with van der Waals surface area (Å²) in [7, 11) is 0. The topological polar surface area (TPSA) is 91.2 Å². The summed E-state index contributed by atoms with van der Waals surface area (Å²) in [5, 5.41) is 15.0. The molecule has 6 nitrogen and oxygen atoms in total. The normalized spacial score (nSPS) is 10.4. The number of nitriles is 1. The summed E-state index contributed by atoms with van der Waals surface area (Å²) in [6.07, 6.45) is 0. The van der Waals surface area contributed by atoms with Crippen LogP contribution in [0.2, 0.25) is 5.02 Å². The van der Waals surface area contributed by atoms with Crippen LogP contribution in [0.15, 0.2) is 71.6 Å². The number of thioether (sulfide) groups is 1. The Kier molecular flexibility index (Phi) is 8.24. The summed E-state index contributed by atoms with van der Waals surface area (Å²) in [4.78, 5) is 25.2. The monoisotopic (exact) mass is 487 g/mol. The number of esters is 1. The molecule has 168 valence electrons. The summed E-state index contributed by atoms with van der Waals surface area (Å²) in [5.74, 6) is -3.90. The third-order valence-electron chi connectivity index (χ3n) is 4.22. The predicted octanol–water partition coefficient (Wildman–Crippen LogP) is 6.07. The van der Waals surface area contributed by atoms with Gasteiger partial charge in [-0.05, 0) is 54.6 Å².